The van der Waals surface area contributed by atoms with Crippen molar-refractivity contribution in [1.82, 2.24) is 10.6 Å². The number of amides is 1. The normalized spacial score (nSPS) is 21.1. The van der Waals surface area contributed by atoms with E-state index in [1.54, 1.807) is 0 Å². The maximum atomic E-state index is 12.2. The molecule has 2 N–H and O–H groups in total. The Bertz CT molecular complexity index is 298. The molecule has 1 amide bonds. The molecule has 0 unspecified atom stereocenters. The lowest BCUT2D eigenvalue weighted by molar-refractivity contribution is -0.125. The lowest BCUT2D eigenvalue weighted by atomic mass is 9.82. The van der Waals surface area contributed by atoms with Crippen molar-refractivity contribution in [3.63, 3.8) is 0 Å². The highest BCUT2D eigenvalue weighted by atomic mass is 16.2. The van der Waals surface area contributed by atoms with Crippen LogP contribution in [0.4, 0.5) is 0 Å². The Morgan fingerprint density at radius 3 is 2.12 bits per heavy atom. The van der Waals surface area contributed by atoms with Crippen molar-refractivity contribution in [2.75, 3.05) is 6.54 Å². The molecule has 0 aromatic carbocycles. The molecule has 0 spiro atoms. The summed E-state index contributed by atoms with van der Waals surface area (Å²) in [6.45, 7) is 11.2. The van der Waals surface area contributed by atoms with Crippen molar-refractivity contribution >= 4 is 11.9 Å². The summed E-state index contributed by atoms with van der Waals surface area (Å²) in [6.07, 6.45) is 1.69. The Labute approximate surface area is 104 Å². The van der Waals surface area contributed by atoms with E-state index in [9.17, 15) is 4.79 Å². The fourth-order valence-electron chi connectivity index (χ4n) is 2.54. The van der Waals surface area contributed by atoms with Crippen LogP contribution >= 0.6 is 0 Å². The molecule has 4 heteroatoms. The van der Waals surface area contributed by atoms with E-state index >= 15 is 0 Å². The number of carbonyl (C=O) groups excluding carboxylic acids is 1. The second-order valence-electron chi connectivity index (χ2n) is 5.68. The molecule has 1 aliphatic heterocycles. The average Bonchev–Trinajstić information content (AvgIpc) is 2.41. The lowest BCUT2D eigenvalue weighted by Crippen LogP contribution is -2.49. The van der Waals surface area contributed by atoms with Crippen molar-refractivity contribution in [2.24, 2.45) is 16.8 Å². The molecule has 1 aliphatic rings. The maximum Gasteiger partial charge on any atom is 0.252 e. The Morgan fingerprint density at radius 1 is 1.18 bits per heavy atom. The van der Waals surface area contributed by atoms with Crippen LogP contribution in [0.2, 0.25) is 0 Å². The largest absolute Gasteiger partial charge is 0.342 e. The molecule has 0 bridgehead atoms. The van der Waals surface area contributed by atoms with E-state index < -0.39 is 5.54 Å². The first-order chi connectivity index (χ1) is 7.89. The topological polar surface area (TPSA) is 53.5 Å². The minimum atomic E-state index is -0.462. The molecule has 0 radical (unpaired) electrons. The summed E-state index contributed by atoms with van der Waals surface area (Å²) < 4.78 is 0. The number of carbonyl (C=O) groups is 1. The highest BCUT2D eigenvalue weighted by Gasteiger charge is 2.45. The van der Waals surface area contributed by atoms with Gasteiger partial charge in [0.25, 0.3) is 5.91 Å². The Kier molecular flexibility index (Phi) is 4.54. The summed E-state index contributed by atoms with van der Waals surface area (Å²) in [4.78, 5) is 16.5. The fourth-order valence-corrected chi connectivity index (χ4v) is 2.54. The first-order valence-corrected chi connectivity index (χ1v) is 6.53. The minimum absolute atomic E-state index is 0.0760. The van der Waals surface area contributed by atoms with Crippen LogP contribution in [0.3, 0.4) is 0 Å². The summed E-state index contributed by atoms with van der Waals surface area (Å²) in [5.41, 5.74) is -0.462. The van der Waals surface area contributed by atoms with E-state index in [-0.39, 0.29) is 5.91 Å². The van der Waals surface area contributed by atoms with Gasteiger partial charge in [0.15, 0.2) is 5.96 Å². The van der Waals surface area contributed by atoms with E-state index in [2.05, 4.69) is 43.3 Å². The van der Waals surface area contributed by atoms with E-state index in [0.29, 0.717) is 24.3 Å². The van der Waals surface area contributed by atoms with Gasteiger partial charge in [0.2, 0.25) is 0 Å². The number of aliphatic imine (C=N–C) groups is 1. The monoisotopic (exact) mass is 239 g/mol. The average molecular weight is 239 g/mol. The molecule has 0 aliphatic carbocycles. The Balaban J connectivity index is 2.90. The van der Waals surface area contributed by atoms with Gasteiger partial charge in [0.05, 0.1) is 0 Å². The van der Waals surface area contributed by atoms with Crippen molar-refractivity contribution in [3.8, 4) is 0 Å². The Morgan fingerprint density at radius 2 is 1.71 bits per heavy atom. The second kappa shape index (κ2) is 5.52. The zero-order valence-corrected chi connectivity index (χ0v) is 11.6. The molecule has 1 fully saturated rings. The zero-order valence-electron chi connectivity index (χ0n) is 11.6. The summed E-state index contributed by atoms with van der Waals surface area (Å²) in [6, 6.07) is 0. The minimum Gasteiger partial charge on any atom is -0.342 e. The first-order valence-electron chi connectivity index (χ1n) is 6.53. The third kappa shape index (κ3) is 3.45. The standard InChI is InChI=1S/C13H25N3O/c1-6-14-12-15-11(17)13(16-12,7-9(2)3)8-10(4)5/h9-10H,6-8H2,1-5H3,(H2,14,15,16,17). The van der Waals surface area contributed by atoms with Crippen LogP contribution in [0.15, 0.2) is 4.99 Å². The number of guanidine groups is 1. The van der Waals surface area contributed by atoms with Gasteiger partial charge in [-0.15, -0.1) is 0 Å². The predicted molar refractivity (Wildman–Crippen MR) is 70.9 cm³/mol. The molecule has 0 saturated carbocycles. The molecule has 1 saturated heterocycles. The number of hydrogen-bond acceptors (Lipinski definition) is 2. The molecule has 17 heavy (non-hydrogen) atoms. The summed E-state index contributed by atoms with van der Waals surface area (Å²) in [7, 11) is 0. The second-order valence-corrected chi connectivity index (χ2v) is 5.68. The molecule has 0 atom stereocenters. The molecule has 1 heterocycles. The van der Waals surface area contributed by atoms with Gasteiger partial charge in [-0.2, -0.15) is 0 Å². The lowest BCUT2D eigenvalue weighted by Gasteiger charge is -2.30. The van der Waals surface area contributed by atoms with Gasteiger partial charge in [0, 0.05) is 6.54 Å². The van der Waals surface area contributed by atoms with E-state index in [4.69, 9.17) is 0 Å². The van der Waals surface area contributed by atoms with Crippen molar-refractivity contribution in [1.29, 1.82) is 0 Å². The van der Waals surface area contributed by atoms with Crippen LogP contribution in [0.1, 0.15) is 47.5 Å². The highest BCUT2D eigenvalue weighted by molar-refractivity contribution is 6.09. The van der Waals surface area contributed by atoms with Crippen LogP contribution in [-0.2, 0) is 4.79 Å². The molecule has 1 rings (SSSR count). The van der Waals surface area contributed by atoms with Gasteiger partial charge in [-0.25, -0.2) is 0 Å². The molecule has 0 aromatic rings. The summed E-state index contributed by atoms with van der Waals surface area (Å²) in [5.74, 6) is 1.67. The Hall–Kier alpha value is -1.06. The fraction of sp³-hybridized carbons (Fsp3) is 0.846. The molecule has 4 nitrogen and oxygen atoms in total. The van der Waals surface area contributed by atoms with Gasteiger partial charge in [-0.1, -0.05) is 27.7 Å². The molecule has 98 valence electrons. The number of nitrogens with zero attached hydrogens (tertiary/aromatic N) is 1. The summed E-state index contributed by atoms with van der Waals surface area (Å²) in [5, 5.41) is 6.16. The van der Waals surface area contributed by atoms with Gasteiger partial charge in [0.1, 0.15) is 5.54 Å². The smallest absolute Gasteiger partial charge is 0.252 e. The molecule has 0 aromatic heterocycles. The zero-order chi connectivity index (χ0) is 13.1. The van der Waals surface area contributed by atoms with Crippen LogP contribution in [0.25, 0.3) is 0 Å². The van der Waals surface area contributed by atoms with E-state index in [0.717, 1.165) is 12.8 Å². The van der Waals surface area contributed by atoms with Crippen LogP contribution in [0, 0.1) is 11.8 Å². The van der Waals surface area contributed by atoms with Crippen LogP contribution in [0.5, 0.6) is 0 Å². The van der Waals surface area contributed by atoms with Crippen LogP contribution in [-0.4, -0.2) is 24.0 Å². The van der Waals surface area contributed by atoms with Crippen molar-refractivity contribution in [3.05, 3.63) is 0 Å². The van der Waals surface area contributed by atoms with E-state index in [1.165, 1.54) is 0 Å². The van der Waals surface area contributed by atoms with Crippen molar-refractivity contribution in [2.45, 2.75) is 53.0 Å². The molecular weight excluding hydrogens is 214 g/mol. The maximum absolute atomic E-state index is 12.2. The van der Waals surface area contributed by atoms with Gasteiger partial charge >= 0.3 is 0 Å². The third-order valence-corrected chi connectivity index (χ3v) is 2.85. The predicted octanol–water partition coefficient (Wildman–Crippen LogP) is 1.91. The number of rotatable bonds is 5. The summed E-state index contributed by atoms with van der Waals surface area (Å²) >= 11 is 0. The van der Waals surface area contributed by atoms with Gasteiger partial charge in [-0.3, -0.25) is 15.1 Å². The van der Waals surface area contributed by atoms with E-state index in [1.807, 2.05) is 6.92 Å². The molecular formula is C13H25N3O. The SMILES string of the molecule is CCN=C1NC(=O)C(CC(C)C)(CC(C)C)N1. The van der Waals surface area contributed by atoms with Gasteiger partial charge < -0.3 is 5.32 Å². The third-order valence-electron chi connectivity index (χ3n) is 2.85. The quantitative estimate of drug-likeness (QED) is 0.770. The van der Waals surface area contributed by atoms with Gasteiger partial charge in [-0.05, 0) is 31.6 Å². The number of nitrogens with one attached hydrogen (secondary N) is 2. The number of hydrogen-bond donors (Lipinski definition) is 2. The van der Waals surface area contributed by atoms with Crippen molar-refractivity contribution < 1.29 is 4.79 Å². The van der Waals surface area contributed by atoms with Crippen LogP contribution < -0.4 is 10.6 Å². The highest BCUT2D eigenvalue weighted by Crippen LogP contribution is 2.27. The first kappa shape index (κ1) is 14.0.